The first kappa shape index (κ1) is 41.8. The van der Waals surface area contributed by atoms with Crippen molar-refractivity contribution in [1.82, 2.24) is 19.5 Å². The van der Waals surface area contributed by atoms with Gasteiger partial charge in [0.1, 0.15) is 0 Å². The minimum atomic E-state index is 0.559. The first-order valence-electron chi connectivity index (χ1n) is 25.2. The zero-order chi connectivity index (χ0) is 48.7. The maximum atomic E-state index is 5.49. The van der Waals surface area contributed by atoms with Crippen LogP contribution < -0.4 is 4.90 Å². The molecule has 74 heavy (non-hydrogen) atoms. The standard InChI is InChI=1S/C69H43N5/c1-4-18-44(19-5-1)47-34-38-64-63(40-47)66-59-43-62-56-37-36-51(73(49-24-6-2-7-25-49)50-26-8-3-9-27-50)42-61(56)55-31-15-14-30-54(55)60(62)41-48(59)35-39-65(66)74(64)69-71-67(57-32-16-22-45-20-10-12-28-52(45)57)70-68(72-69)58-33-17-23-46-21-11-13-29-53(46)58/h1-43H. The van der Waals surface area contributed by atoms with Crippen LogP contribution in [0.3, 0.4) is 0 Å². The average Bonchev–Trinajstić information content (AvgIpc) is 3.86. The van der Waals surface area contributed by atoms with E-state index in [1.165, 1.54) is 32.3 Å². The molecule has 0 aliphatic carbocycles. The van der Waals surface area contributed by atoms with Gasteiger partial charge in [0.2, 0.25) is 5.95 Å². The maximum Gasteiger partial charge on any atom is 0.238 e. The third-order valence-corrected chi connectivity index (χ3v) is 15.0. The lowest BCUT2D eigenvalue weighted by molar-refractivity contribution is 0.955. The number of hydrogen-bond donors (Lipinski definition) is 0. The smallest absolute Gasteiger partial charge is 0.238 e. The second-order valence-electron chi connectivity index (χ2n) is 19.1. The molecule has 0 amide bonds. The zero-order valence-electron chi connectivity index (χ0n) is 40.1. The van der Waals surface area contributed by atoms with Gasteiger partial charge in [-0.1, -0.05) is 194 Å². The number of fused-ring (bicyclic) bond motifs is 13. The molecule has 0 saturated heterocycles. The van der Waals surface area contributed by atoms with E-state index >= 15 is 0 Å². The summed E-state index contributed by atoms with van der Waals surface area (Å²) in [4.78, 5) is 18.7. The monoisotopic (exact) mass is 941 g/mol. The van der Waals surface area contributed by atoms with Crippen LogP contribution in [0.2, 0.25) is 0 Å². The maximum absolute atomic E-state index is 5.49. The molecule has 0 saturated carbocycles. The fraction of sp³-hybridized carbons (Fsp3) is 0. The Bertz CT molecular complexity index is 4570. The summed E-state index contributed by atoms with van der Waals surface area (Å²) in [5.74, 6) is 1.80. The highest BCUT2D eigenvalue weighted by molar-refractivity contribution is 6.31. The Hall–Kier alpha value is -9.97. The molecule has 13 aromatic carbocycles. The van der Waals surface area contributed by atoms with Crippen molar-refractivity contribution in [2.45, 2.75) is 0 Å². The van der Waals surface area contributed by atoms with Gasteiger partial charge < -0.3 is 4.90 Å². The van der Waals surface area contributed by atoms with Crippen LogP contribution in [0.4, 0.5) is 17.1 Å². The summed E-state index contributed by atoms with van der Waals surface area (Å²) in [6, 6.07) is 93.7. The first-order chi connectivity index (χ1) is 36.7. The molecule has 0 radical (unpaired) electrons. The lowest BCUT2D eigenvalue weighted by Gasteiger charge is -2.26. The molecule has 344 valence electrons. The summed E-state index contributed by atoms with van der Waals surface area (Å²) in [6.45, 7) is 0. The van der Waals surface area contributed by atoms with Gasteiger partial charge in [0.05, 0.1) is 11.0 Å². The zero-order valence-corrected chi connectivity index (χ0v) is 40.1. The van der Waals surface area contributed by atoms with E-state index in [0.717, 1.165) is 93.4 Å². The summed E-state index contributed by atoms with van der Waals surface area (Å²) in [6.07, 6.45) is 0. The third-order valence-electron chi connectivity index (χ3n) is 15.0. The van der Waals surface area contributed by atoms with Crippen LogP contribution in [0, 0.1) is 0 Å². The van der Waals surface area contributed by atoms with Gasteiger partial charge in [0.15, 0.2) is 11.6 Å². The highest BCUT2D eigenvalue weighted by Crippen LogP contribution is 2.45. The number of nitrogens with zero attached hydrogens (tertiary/aromatic N) is 5. The van der Waals surface area contributed by atoms with Gasteiger partial charge in [-0.05, 0) is 142 Å². The molecule has 0 aliphatic heterocycles. The van der Waals surface area contributed by atoms with Crippen molar-refractivity contribution in [3.8, 4) is 39.9 Å². The van der Waals surface area contributed by atoms with E-state index in [0.29, 0.717) is 17.6 Å². The van der Waals surface area contributed by atoms with Gasteiger partial charge in [-0.3, -0.25) is 4.57 Å². The molecule has 0 fully saturated rings. The molecule has 0 aliphatic rings. The Kier molecular flexibility index (Phi) is 9.50. The molecular formula is C69H43N5. The summed E-state index contributed by atoms with van der Waals surface area (Å²) in [7, 11) is 0. The van der Waals surface area contributed by atoms with Crippen LogP contribution in [0.5, 0.6) is 0 Å². The lowest BCUT2D eigenvalue weighted by Crippen LogP contribution is -2.09. The van der Waals surface area contributed by atoms with Gasteiger partial charge in [-0.15, -0.1) is 0 Å². The molecule has 0 spiro atoms. The topological polar surface area (TPSA) is 46.8 Å². The lowest BCUT2D eigenvalue weighted by atomic mass is 9.91. The Morgan fingerprint density at radius 1 is 0.270 bits per heavy atom. The van der Waals surface area contributed by atoms with E-state index in [4.69, 9.17) is 15.0 Å². The fourth-order valence-corrected chi connectivity index (χ4v) is 11.6. The van der Waals surface area contributed by atoms with E-state index in [2.05, 4.69) is 270 Å². The Morgan fingerprint density at radius 3 is 1.42 bits per heavy atom. The van der Waals surface area contributed by atoms with E-state index in [1.807, 2.05) is 0 Å². The Morgan fingerprint density at radius 2 is 0.784 bits per heavy atom. The predicted octanol–water partition coefficient (Wildman–Crippen LogP) is 18.4. The second kappa shape index (κ2) is 16.8. The van der Waals surface area contributed by atoms with Crippen LogP contribution >= 0.6 is 0 Å². The van der Waals surface area contributed by atoms with E-state index in [9.17, 15) is 0 Å². The largest absolute Gasteiger partial charge is 0.310 e. The normalized spacial score (nSPS) is 11.8. The molecule has 2 heterocycles. The summed E-state index contributed by atoms with van der Waals surface area (Å²) in [5.41, 5.74) is 9.55. The molecule has 2 aromatic heterocycles. The Labute approximate surface area is 426 Å². The number of benzene rings is 13. The SMILES string of the molecule is c1ccc(-c2ccc3c(c2)c2c4cc5c6ccc(N(c7ccccc7)c7ccccc7)cc6c6ccccc6c5cc4ccc2n3-c2nc(-c3cccc4ccccc34)nc(-c3cccc4ccccc34)n2)cc1. The van der Waals surface area contributed by atoms with Crippen LogP contribution in [0.25, 0.3) is 126 Å². The quantitative estimate of drug-likeness (QED) is 0.118. The van der Waals surface area contributed by atoms with Crippen molar-refractivity contribution in [3.05, 3.63) is 261 Å². The van der Waals surface area contributed by atoms with Crippen LogP contribution in [-0.2, 0) is 0 Å². The molecule has 0 unspecified atom stereocenters. The van der Waals surface area contributed by atoms with E-state index < -0.39 is 0 Å². The summed E-state index contributed by atoms with van der Waals surface area (Å²) < 4.78 is 2.26. The van der Waals surface area contributed by atoms with Crippen molar-refractivity contribution in [1.29, 1.82) is 0 Å². The van der Waals surface area contributed by atoms with Crippen molar-refractivity contribution in [2.24, 2.45) is 0 Å². The number of anilines is 3. The average molecular weight is 942 g/mol. The Balaban J connectivity index is 1.03. The van der Waals surface area contributed by atoms with Crippen molar-refractivity contribution < 1.29 is 0 Å². The van der Waals surface area contributed by atoms with Gasteiger partial charge in [0, 0.05) is 39.0 Å². The molecule has 5 heteroatoms. The highest BCUT2D eigenvalue weighted by atomic mass is 15.2. The van der Waals surface area contributed by atoms with Crippen LogP contribution in [0.15, 0.2) is 261 Å². The molecule has 0 N–H and O–H groups in total. The van der Waals surface area contributed by atoms with Gasteiger partial charge >= 0.3 is 0 Å². The minimum absolute atomic E-state index is 0.559. The fourth-order valence-electron chi connectivity index (χ4n) is 11.6. The number of aromatic nitrogens is 4. The van der Waals surface area contributed by atoms with Gasteiger partial charge in [-0.2, -0.15) is 9.97 Å². The molecule has 0 atom stereocenters. The molecule has 15 aromatic rings. The van der Waals surface area contributed by atoms with Crippen molar-refractivity contribution in [2.75, 3.05) is 4.90 Å². The number of para-hydroxylation sites is 2. The van der Waals surface area contributed by atoms with E-state index in [1.54, 1.807) is 0 Å². The van der Waals surface area contributed by atoms with Crippen molar-refractivity contribution >= 4 is 104 Å². The minimum Gasteiger partial charge on any atom is -0.310 e. The molecule has 0 bridgehead atoms. The summed E-state index contributed by atoms with van der Waals surface area (Å²) >= 11 is 0. The van der Waals surface area contributed by atoms with Crippen LogP contribution in [-0.4, -0.2) is 19.5 Å². The second-order valence-corrected chi connectivity index (χ2v) is 19.1. The van der Waals surface area contributed by atoms with Crippen molar-refractivity contribution in [3.63, 3.8) is 0 Å². The molecule has 5 nitrogen and oxygen atoms in total. The third kappa shape index (κ3) is 6.68. The molecule has 15 rings (SSSR count). The summed E-state index contributed by atoms with van der Waals surface area (Å²) in [5, 5.41) is 16.3. The van der Waals surface area contributed by atoms with Gasteiger partial charge in [0.25, 0.3) is 0 Å². The molecular weight excluding hydrogens is 899 g/mol. The first-order valence-corrected chi connectivity index (χ1v) is 25.2. The highest BCUT2D eigenvalue weighted by Gasteiger charge is 2.23. The van der Waals surface area contributed by atoms with Crippen LogP contribution in [0.1, 0.15) is 0 Å². The predicted molar refractivity (Wildman–Crippen MR) is 310 cm³/mol. The van der Waals surface area contributed by atoms with Gasteiger partial charge in [-0.25, -0.2) is 4.98 Å². The number of rotatable bonds is 7. The number of hydrogen-bond acceptors (Lipinski definition) is 4. The van der Waals surface area contributed by atoms with E-state index in [-0.39, 0.29) is 0 Å².